The van der Waals surface area contributed by atoms with Crippen LogP contribution >= 0.6 is 11.6 Å². The van der Waals surface area contributed by atoms with E-state index in [9.17, 15) is 4.79 Å². The summed E-state index contributed by atoms with van der Waals surface area (Å²) in [6, 6.07) is 15.7. The molecule has 2 N–H and O–H groups in total. The van der Waals surface area contributed by atoms with Gasteiger partial charge >= 0.3 is 0 Å². The predicted molar refractivity (Wildman–Crippen MR) is 109 cm³/mol. The van der Waals surface area contributed by atoms with Crippen LogP contribution in [0.4, 0.5) is 17.1 Å². The summed E-state index contributed by atoms with van der Waals surface area (Å²) in [6.45, 7) is 4.89. The third-order valence-corrected chi connectivity index (χ3v) is 4.89. The van der Waals surface area contributed by atoms with Crippen molar-refractivity contribution in [1.29, 1.82) is 0 Å². The zero-order valence-electron chi connectivity index (χ0n) is 15.0. The van der Waals surface area contributed by atoms with Crippen LogP contribution in [-0.4, -0.2) is 50.6 Å². The zero-order chi connectivity index (χ0) is 18.4. The van der Waals surface area contributed by atoms with Crippen LogP contribution in [0.2, 0.25) is 5.02 Å². The highest BCUT2D eigenvalue weighted by atomic mass is 35.5. The van der Waals surface area contributed by atoms with E-state index in [4.69, 9.17) is 11.6 Å². The van der Waals surface area contributed by atoms with Crippen molar-refractivity contribution in [2.45, 2.75) is 6.42 Å². The molecule has 0 bridgehead atoms. The van der Waals surface area contributed by atoms with Gasteiger partial charge in [0.15, 0.2) is 0 Å². The van der Waals surface area contributed by atoms with Crippen LogP contribution in [0.25, 0.3) is 0 Å². The lowest BCUT2D eigenvalue weighted by Crippen LogP contribution is -2.44. The first-order chi connectivity index (χ1) is 12.6. The number of halogens is 1. The van der Waals surface area contributed by atoms with Crippen molar-refractivity contribution in [3.8, 4) is 0 Å². The number of piperazine rings is 1. The second-order valence-electron chi connectivity index (χ2n) is 6.54. The Morgan fingerprint density at radius 3 is 2.42 bits per heavy atom. The van der Waals surface area contributed by atoms with Crippen molar-refractivity contribution in [3.05, 3.63) is 53.6 Å². The molecule has 0 aliphatic carbocycles. The minimum absolute atomic E-state index is 0.0559. The van der Waals surface area contributed by atoms with Crippen molar-refractivity contribution in [2.75, 3.05) is 55.3 Å². The standard InChI is InChI=1S/C20H25ClN4O/c1-24-12-14-25(15-13-24)17-8-6-16(7-9-17)22-11-10-20(26)23-19-5-3-2-4-18(19)21/h2-9,22H,10-15H2,1H3,(H,23,26). The van der Waals surface area contributed by atoms with Crippen LogP contribution in [0.5, 0.6) is 0 Å². The molecule has 5 nitrogen and oxygen atoms in total. The van der Waals surface area contributed by atoms with E-state index in [0.29, 0.717) is 23.7 Å². The quantitative estimate of drug-likeness (QED) is 0.814. The van der Waals surface area contributed by atoms with E-state index in [-0.39, 0.29) is 5.91 Å². The molecule has 2 aromatic carbocycles. The van der Waals surface area contributed by atoms with Gasteiger partial charge in [-0.3, -0.25) is 4.79 Å². The average molecular weight is 373 g/mol. The summed E-state index contributed by atoms with van der Waals surface area (Å²) < 4.78 is 0. The van der Waals surface area contributed by atoms with E-state index in [1.165, 1.54) is 5.69 Å². The van der Waals surface area contributed by atoms with E-state index in [0.717, 1.165) is 31.9 Å². The Bertz CT molecular complexity index is 727. The highest BCUT2D eigenvalue weighted by Crippen LogP contribution is 2.21. The molecule has 1 aliphatic heterocycles. The minimum Gasteiger partial charge on any atom is -0.385 e. The number of nitrogens with one attached hydrogen (secondary N) is 2. The Kier molecular flexibility index (Phi) is 6.36. The van der Waals surface area contributed by atoms with Crippen molar-refractivity contribution in [1.82, 2.24) is 4.90 Å². The molecule has 1 saturated heterocycles. The normalized spacial score (nSPS) is 14.9. The fourth-order valence-electron chi connectivity index (χ4n) is 2.95. The molecule has 0 spiro atoms. The van der Waals surface area contributed by atoms with Gasteiger partial charge in [0, 0.05) is 50.5 Å². The van der Waals surface area contributed by atoms with Crippen LogP contribution < -0.4 is 15.5 Å². The van der Waals surface area contributed by atoms with Crippen LogP contribution in [0.3, 0.4) is 0 Å². The fourth-order valence-corrected chi connectivity index (χ4v) is 3.13. The number of amides is 1. The summed E-state index contributed by atoms with van der Waals surface area (Å²) in [4.78, 5) is 16.8. The molecule has 0 radical (unpaired) electrons. The van der Waals surface area contributed by atoms with Gasteiger partial charge in [-0.1, -0.05) is 23.7 Å². The molecule has 1 heterocycles. The Morgan fingerprint density at radius 2 is 1.73 bits per heavy atom. The predicted octanol–water partition coefficient (Wildman–Crippen LogP) is 3.53. The molecule has 0 saturated carbocycles. The molecule has 26 heavy (non-hydrogen) atoms. The first-order valence-corrected chi connectivity index (χ1v) is 9.31. The minimum atomic E-state index is -0.0559. The van der Waals surface area contributed by atoms with Crippen molar-refractivity contribution in [2.24, 2.45) is 0 Å². The number of benzene rings is 2. The van der Waals surface area contributed by atoms with Crippen molar-refractivity contribution >= 4 is 34.6 Å². The zero-order valence-corrected chi connectivity index (χ0v) is 15.8. The van der Waals surface area contributed by atoms with E-state index in [1.807, 2.05) is 12.1 Å². The Morgan fingerprint density at radius 1 is 1.04 bits per heavy atom. The molecular formula is C20H25ClN4O. The smallest absolute Gasteiger partial charge is 0.226 e. The lowest BCUT2D eigenvalue weighted by molar-refractivity contribution is -0.115. The third kappa shape index (κ3) is 5.13. The largest absolute Gasteiger partial charge is 0.385 e. The van der Waals surface area contributed by atoms with Gasteiger partial charge in [-0.05, 0) is 43.4 Å². The van der Waals surface area contributed by atoms with Crippen molar-refractivity contribution < 1.29 is 4.79 Å². The fraction of sp³-hybridized carbons (Fsp3) is 0.350. The van der Waals surface area contributed by atoms with E-state index in [2.05, 4.69) is 51.7 Å². The van der Waals surface area contributed by atoms with Gasteiger partial charge in [-0.15, -0.1) is 0 Å². The monoisotopic (exact) mass is 372 g/mol. The summed E-state index contributed by atoms with van der Waals surface area (Å²) in [5.41, 5.74) is 2.92. The van der Waals surface area contributed by atoms with Crippen LogP contribution in [-0.2, 0) is 4.79 Å². The summed E-state index contributed by atoms with van der Waals surface area (Å²) in [6.07, 6.45) is 0.380. The molecule has 0 unspecified atom stereocenters. The number of hydrogen-bond donors (Lipinski definition) is 2. The molecule has 2 aromatic rings. The maximum absolute atomic E-state index is 12.0. The van der Waals surface area contributed by atoms with Crippen LogP contribution in [0, 0.1) is 0 Å². The van der Waals surface area contributed by atoms with Crippen LogP contribution in [0.1, 0.15) is 6.42 Å². The third-order valence-electron chi connectivity index (χ3n) is 4.56. The maximum atomic E-state index is 12.0. The van der Waals surface area contributed by atoms with Gasteiger partial charge in [0.25, 0.3) is 0 Å². The molecule has 138 valence electrons. The molecule has 1 amide bonds. The molecule has 0 aromatic heterocycles. The number of para-hydroxylation sites is 1. The van der Waals surface area contributed by atoms with Gasteiger partial charge in [0.05, 0.1) is 10.7 Å². The van der Waals surface area contributed by atoms with Gasteiger partial charge in [-0.2, -0.15) is 0 Å². The number of carbonyl (C=O) groups is 1. The number of likely N-dealkylation sites (N-methyl/N-ethyl adjacent to an activating group) is 1. The number of carbonyl (C=O) groups excluding carboxylic acids is 1. The SMILES string of the molecule is CN1CCN(c2ccc(NCCC(=O)Nc3ccccc3Cl)cc2)CC1. The molecule has 1 aliphatic rings. The van der Waals surface area contributed by atoms with Gasteiger partial charge in [-0.25, -0.2) is 0 Å². The summed E-state index contributed by atoms with van der Waals surface area (Å²) >= 11 is 6.05. The molecule has 1 fully saturated rings. The first-order valence-electron chi connectivity index (χ1n) is 8.93. The Labute approximate surface area is 159 Å². The van der Waals surface area contributed by atoms with Crippen molar-refractivity contribution in [3.63, 3.8) is 0 Å². The molecule has 6 heteroatoms. The van der Waals surface area contributed by atoms with Gasteiger partial charge in [0.1, 0.15) is 0 Å². The topological polar surface area (TPSA) is 47.6 Å². The number of nitrogens with zero attached hydrogens (tertiary/aromatic N) is 2. The second kappa shape index (κ2) is 8.92. The number of rotatable bonds is 6. The molecule has 0 atom stereocenters. The highest BCUT2D eigenvalue weighted by molar-refractivity contribution is 6.33. The molecular weight excluding hydrogens is 348 g/mol. The number of hydrogen-bond acceptors (Lipinski definition) is 4. The highest BCUT2D eigenvalue weighted by Gasteiger charge is 2.13. The lowest BCUT2D eigenvalue weighted by Gasteiger charge is -2.34. The van der Waals surface area contributed by atoms with Gasteiger partial charge in [0.2, 0.25) is 5.91 Å². The Balaban J connectivity index is 1.43. The van der Waals surface area contributed by atoms with Gasteiger partial charge < -0.3 is 20.4 Å². The lowest BCUT2D eigenvalue weighted by atomic mass is 10.2. The Hall–Kier alpha value is -2.24. The average Bonchev–Trinajstić information content (AvgIpc) is 2.65. The second-order valence-corrected chi connectivity index (χ2v) is 6.95. The number of anilines is 3. The maximum Gasteiger partial charge on any atom is 0.226 e. The summed E-state index contributed by atoms with van der Waals surface area (Å²) in [5.74, 6) is -0.0559. The van der Waals surface area contributed by atoms with E-state index < -0.39 is 0 Å². The van der Waals surface area contributed by atoms with Crippen LogP contribution in [0.15, 0.2) is 48.5 Å². The molecule has 3 rings (SSSR count). The summed E-state index contributed by atoms with van der Waals surface area (Å²) in [5, 5.41) is 6.67. The van der Waals surface area contributed by atoms with E-state index in [1.54, 1.807) is 12.1 Å². The van der Waals surface area contributed by atoms with E-state index >= 15 is 0 Å². The first kappa shape index (κ1) is 18.5. The summed E-state index contributed by atoms with van der Waals surface area (Å²) in [7, 11) is 2.16.